The average Bonchev–Trinajstić information content (AvgIpc) is 2.76. The minimum absolute atomic E-state index is 0.122. The predicted octanol–water partition coefficient (Wildman–Crippen LogP) is 7.21. The highest BCUT2D eigenvalue weighted by Crippen LogP contribution is 2.34. The first-order valence-corrected chi connectivity index (χ1v) is 11.2. The van der Waals surface area contributed by atoms with Crippen LogP contribution in [0.5, 0.6) is 0 Å². The van der Waals surface area contributed by atoms with Crippen LogP contribution in [0.15, 0.2) is 60.7 Å². The molecule has 0 saturated heterocycles. The van der Waals surface area contributed by atoms with E-state index in [0.717, 1.165) is 18.6 Å². The van der Waals surface area contributed by atoms with Crippen molar-refractivity contribution >= 4 is 29.1 Å². The Morgan fingerprint density at radius 2 is 1.57 bits per heavy atom. The van der Waals surface area contributed by atoms with Gasteiger partial charge in [-0.25, -0.2) is 18.4 Å². The summed E-state index contributed by atoms with van der Waals surface area (Å²) in [5.41, 5.74) is 1.69. The van der Waals surface area contributed by atoms with Crippen molar-refractivity contribution in [1.29, 1.82) is 0 Å². The van der Waals surface area contributed by atoms with Crippen LogP contribution in [0, 0.1) is 17.6 Å². The van der Waals surface area contributed by atoms with Gasteiger partial charge in [0.15, 0.2) is 0 Å². The zero-order valence-electron chi connectivity index (χ0n) is 20.1. The Balaban J connectivity index is 1.98. The average molecular weight is 482 g/mol. The summed E-state index contributed by atoms with van der Waals surface area (Å²) in [4.78, 5) is 24.5. The van der Waals surface area contributed by atoms with Crippen molar-refractivity contribution in [3.63, 3.8) is 0 Å². The number of carboxylic acids is 1. The first kappa shape index (κ1) is 25.7. The van der Waals surface area contributed by atoms with Crippen LogP contribution in [-0.2, 0) is 0 Å². The van der Waals surface area contributed by atoms with Crippen LogP contribution in [-0.4, -0.2) is 22.6 Å². The zero-order valence-corrected chi connectivity index (χ0v) is 20.1. The smallest absolute Gasteiger partial charge is 0.336 e. The van der Waals surface area contributed by atoms with Crippen LogP contribution in [0.3, 0.4) is 0 Å². The van der Waals surface area contributed by atoms with E-state index in [1.54, 1.807) is 36.4 Å². The summed E-state index contributed by atoms with van der Waals surface area (Å²) in [6.07, 6.45) is 0.850. The maximum atomic E-state index is 14.0. The van der Waals surface area contributed by atoms with Gasteiger partial charge < -0.3 is 21.1 Å². The van der Waals surface area contributed by atoms with Crippen LogP contribution in [0.2, 0.25) is 0 Å². The van der Waals surface area contributed by atoms with Gasteiger partial charge in [0.1, 0.15) is 11.6 Å². The molecule has 0 aliphatic heterocycles. The highest BCUT2D eigenvalue weighted by molar-refractivity contribution is 6.03. The number of nitrogens with one attached hydrogen (secondary N) is 3. The molecule has 6 nitrogen and oxygen atoms in total. The molecule has 3 aromatic carbocycles. The third-order valence-corrected chi connectivity index (χ3v) is 5.31. The van der Waals surface area contributed by atoms with Crippen LogP contribution >= 0.6 is 0 Å². The van der Waals surface area contributed by atoms with Crippen molar-refractivity contribution in [3.8, 4) is 11.1 Å². The summed E-state index contributed by atoms with van der Waals surface area (Å²) in [7, 11) is 0. The first-order chi connectivity index (χ1) is 16.4. The molecular weight excluding hydrogens is 452 g/mol. The van der Waals surface area contributed by atoms with Crippen LogP contribution in [0.25, 0.3) is 11.1 Å². The molecule has 0 bridgehead atoms. The minimum atomic E-state index is -1.07. The summed E-state index contributed by atoms with van der Waals surface area (Å²) >= 11 is 0. The molecular formula is C27H29F2N3O3. The van der Waals surface area contributed by atoms with Gasteiger partial charge in [-0.05, 0) is 67.6 Å². The number of aromatic carboxylic acids is 1. The molecule has 0 aromatic heterocycles. The fourth-order valence-corrected chi connectivity index (χ4v) is 4.15. The van der Waals surface area contributed by atoms with Crippen molar-refractivity contribution in [3.05, 3.63) is 77.9 Å². The lowest BCUT2D eigenvalue weighted by Crippen LogP contribution is -2.33. The number of benzene rings is 3. The van der Waals surface area contributed by atoms with Gasteiger partial charge in [0.25, 0.3) is 0 Å². The number of urea groups is 1. The first-order valence-electron chi connectivity index (χ1n) is 11.2. The van der Waals surface area contributed by atoms with E-state index in [0.29, 0.717) is 34.5 Å². The van der Waals surface area contributed by atoms with E-state index < -0.39 is 23.6 Å². The largest absolute Gasteiger partial charge is 0.478 e. The zero-order chi connectivity index (χ0) is 25.8. The molecule has 0 aliphatic carbocycles. The molecule has 2 amide bonds. The summed E-state index contributed by atoms with van der Waals surface area (Å²) in [5, 5.41) is 18.1. The second-order valence-electron chi connectivity index (χ2n) is 9.42. The van der Waals surface area contributed by atoms with Crippen molar-refractivity contribution in [2.75, 3.05) is 16.0 Å². The number of hydrogen-bond donors (Lipinski definition) is 4. The number of amides is 2. The summed E-state index contributed by atoms with van der Waals surface area (Å²) in [5.74, 6) is -2.31. The fourth-order valence-electron chi connectivity index (χ4n) is 4.15. The summed E-state index contributed by atoms with van der Waals surface area (Å²) in [6, 6.07) is 13.9. The minimum Gasteiger partial charge on any atom is -0.478 e. The Morgan fingerprint density at radius 1 is 0.914 bits per heavy atom. The van der Waals surface area contributed by atoms with Crippen molar-refractivity contribution < 1.29 is 23.5 Å². The normalized spacial score (nSPS) is 11.3. The number of carboxylic acid groups (broad SMARTS) is 1. The molecule has 3 rings (SSSR count). The maximum Gasteiger partial charge on any atom is 0.336 e. The summed E-state index contributed by atoms with van der Waals surface area (Å²) in [6.45, 7) is 8.30. The number of hydrogen-bond acceptors (Lipinski definition) is 3. The van der Waals surface area contributed by atoms with Gasteiger partial charge in [0.2, 0.25) is 0 Å². The third-order valence-electron chi connectivity index (χ3n) is 5.31. The van der Waals surface area contributed by atoms with Gasteiger partial charge in [-0.2, -0.15) is 0 Å². The Labute approximate surface area is 203 Å². The lowest BCUT2D eigenvalue weighted by Gasteiger charge is -2.31. The monoisotopic (exact) mass is 481 g/mol. The van der Waals surface area contributed by atoms with Crippen LogP contribution in [0.4, 0.5) is 30.6 Å². The maximum absolute atomic E-state index is 14.0. The molecule has 0 saturated carbocycles. The lowest BCUT2D eigenvalue weighted by molar-refractivity contribution is 0.0697. The molecule has 0 fully saturated rings. The van der Waals surface area contributed by atoms with Gasteiger partial charge in [-0.1, -0.05) is 38.1 Å². The molecule has 184 valence electrons. The van der Waals surface area contributed by atoms with E-state index in [2.05, 4.69) is 29.8 Å². The fraction of sp³-hybridized carbons (Fsp3) is 0.259. The van der Waals surface area contributed by atoms with Crippen molar-refractivity contribution in [2.45, 2.75) is 39.7 Å². The Kier molecular flexibility index (Phi) is 7.74. The topological polar surface area (TPSA) is 90.5 Å². The van der Waals surface area contributed by atoms with E-state index in [9.17, 15) is 23.5 Å². The molecule has 0 atom stereocenters. The molecule has 3 aromatic rings. The molecule has 0 aliphatic rings. The van der Waals surface area contributed by atoms with Gasteiger partial charge in [-0.15, -0.1) is 0 Å². The van der Waals surface area contributed by atoms with E-state index in [4.69, 9.17) is 0 Å². The van der Waals surface area contributed by atoms with Crippen LogP contribution in [0.1, 0.15) is 44.5 Å². The highest BCUT2D eigenvalue weighted by atomic mass is 19.1. The molecule has 35 heavy (non-hydrogen) atoms. The standard InChI is InChI=1S/C27H29F2N3O3/c1-16(2)15-27(3,4)32-23-11-9-17(19-7-5-6-8-20(19)25(33)34)13-24(23)31-26(35)30-22-12-10-18(28)14-21(22)29/h5-14,16,32H,15H2,1-4H3,(H,33,34)(H2,30,31,35). The Morgan fingerprint density at radius 3 is 2.23 bits per heavy atom. The van der Waals surface area contributed by atoms with E-state index in [1.165, 1.54) is 6.07 Å². The SMILES string of the molecule is CC(C)CC(C)(C)Nc1ccc(-c2ccccc2C(=O)O)cc1NC(=O)Nc1ccc(F)cc1F. The Hall–Kier alpha value is -3.94. The number of anilines is 3. The third kappa shape index (κ3) is 6.79. The second kappa shape index (κ2) is 10.5. The van der Waals surface area contributed by atoms with Crippen molar-refractivity contribution in [2.24, 2.45) is 5.92 Å². The summed E-state index contributed by atoms with van der Waals surface area (Å²) < 4.78 is 27.2. The number of carbonyl (C=O) groups is 2. The van der Waals surface area contributed by atoms with Crippen molar-refractivity contribution in [1.82, 2.24) is 0 Å². The number of rotatable bonds is 8. The molecule has 0 unspecified atom stereocenters. The lowest BCUT2D eigenvalue weighted by atomic mass is 9.92. The highest BCUT2D eigenvalue weighted by Gasteiger charge is 2.22. The van der Waals surface area contributed by atoms with E-state index in [1.807, 2.05) is 13.8 Å². The second-order valence-corrected chi connectivity index (χ2v) is 9.42. The Bertz CT molecular complexity index is 1240. The molecule has 4 N–H and O–H groups in total. The van der Waals surface area contributed by atoms with Gasteiger partial charge in [0.05, 0.1) is 22.6 Å². The molecule has 0 heterocycles. The van der Waals surface area contributed by atoms with Gasteiger partial charge in [-0.3, -0.25) is 0 Å². The predicted molar refractivity (Wildman–Crippen MR) is 135 cm³/mol. The van der Waals surface area contributed by atoms with Gasteiger partial charge in [0, 0.05) is 11.6 Å². The van der Waals surface area contributed by atoms with Gasteiger partial charge >= 0.3 is 12.0 Å². The molecule has 0 radical (unpaired) electrons. The van der Waals surface area contributed by atoms with E-state index in [-0.39, 0.29) is 16.8 Å². The molecule has 8 heteroatoms. The number of halogens is 2. The molecule has 0 spiro atoms. The quantitative estimate of drug-likeness (QED) is 0.274. The van der Waals surface area contributed by atoms with Crippen LogP contribution < -0.4 is 16.0 Å². The van der Waals surface area contributed by atoms with E-state index >= 15 is 0 Å². The number of carbonyl (C=O) groups excluding carboxylic acids is 1.